The van der Waals surface area contributed by atoms with E-state index in [-0.39, 0.29) is 102 Å². The normalized spacial score (nSPS) is 11.6. The van der Waals surface area contributed by atoms with Crippen LogP contribution in [-0.2, 0) is 43.1 Å². The Hall–Kier alpha value is -4.91. The van der Waals surface area contributed by atoms with Crippen LogP contribution in [0, 0.1) is 34.3 Å². The van der Waals surface area contributed by atoms with Gasteiger partial charge in [0.2, 0.25) is 0 Å². The first kappa shape index (κ1) is 87.1. The topological polar surface area (TPSA) is 237 Å². The number of thiazole rings is 2. The molecule has 8 aromatic rings. The third-order valence-corrected chi connectivity index (χ3v) is 19.6. The molecule has 2 aromatic heterocycles. The molecule has 0 saturated carbocycles. The Kier molecular flexibility index (Phi) is 41.5. The van der Waals surface area contributed by atoms with Crippen molar-refractivity contribution in [3.05, 3.63) is 208 Å². The number of carboxylic acids is 1. The van der Waals surface area contributed by atoms with Crippen molar-refractivity contribution < 1.29 is 82.1 Å². The summed E-state index contributed by atoms with van der Waals surface area (Å²) in [6.07, 6.45) is 1.71. The molecule has 0 radical (unpaired) electrons. The first-order chi connectivity index (χ1) is 43.0. The van der Waals surface area contributed by atoms with E-state index in [1.54, 1.807) is 53.0 Å². The number of ketones is 1. The van der Waals surface area contributed by atoms with E-state index in [0.29, 0.717) is 85.6 Å². The van der Waals surface area contributed by atoms with Gasteiger partial charge in [-0.3, -0.25) is 19.2 Å². The van der Waals surface area contributed by atoms with Gasteiger partial charge < -0.3 is 60.4 Å². The van der Waals surface area contributed by atoms with Crippen LogP contribution in [0.3, 0.4) is 0 Å². The molecule has 0 fully saturated rings. The number of esters is 2. The molecule has 0 aliphatic rings. The maximum Gasteiger partial charge on any atom is 1.00 e. The van der Waals surface area contributed by atoms with E-state index >= 15 is 0 Å². The number of methoxy groups -OCH3 is 2. The molecule has 6 aromatic carbocycles. The largest absolute Gasteiger partial charge is 1.00 e. The van der Waals surface area contributed by atoms with Crippen molar-refractivity contribution in [1.29, 1.82) is 5.26 Å². The average Bonchev–Trinajstić information content (AvgIpc) is 1.65. The number of nitrogens with two attached hydrogens (primary N) is 1. The molecular weight excluding hydrogens is 1480 g/mol. The molecule has 2 heterocycles. The number of aromatic nitrogens is 2. The number of nitrogens with one attached hydrogen (secondary N) is 2. The second-order valence-electron chi connectivity index (χ2n) is 21.4. The summed E-state index contributed by atoms with van der Waals surface area (Å²) in [5.74, 6) is -1.83. The van der Waals surface area contributed by atoms with Gasteiger partial charge in [0, 0.05) is 46.1 Å². The third kappa shape index (κ3) is 27.5. The molecule has 0 saturated heterocycles. The second kappa shape index (κ2) is 44.8. The van der Waals surface area contributed by atoms with Crippen LogP contribution >= 0.6 is 104 Å². The van der Waals surface area contributed by atoms with Crippen molar-refractivity contribution in [1.82, 2.24) is 9.97 Å². The van der Waals surface area contributed by atoms with Gasteiger partial charge in [0.25, 0.3) is 0 Å². The number of carbonyl (C=O) groups is 4. The summed E-state index contributed by atoms with van der Waals surface area (Å²) in [7, 11) is 2.80. The molecule has 0 spiro atoms. The number of halogens is 7. The number of Topliss-reactive ketones (excluding diaryl/α,β-unsaturated/α-hetero) is 1. The average molecular weight is 1560 g/mol. The molecule has 0 amide bonds. The van der Waals surface area contributed by atoms with Crippen LogP contribution in [0.5, 0.6) is 0 Å². The summed E-state index contributed by atoms with van der Waals surface area (Å²) in [6.45, 7) is 13.3. The van der Waals surface area contributed by atoms with Crippen LogP contribution in [0.4, 0.5) is 10.3 Å². The number of rotatable bonds is 24. The molecule has 4 unspecified atom stereocenters. The van der Waals surface area contributed by atoms with Gasteiger partial charge in [-0.1, -0.05) is 222 Å². The van der Waals surface area contributed by atoms with E-state index in [9.17, 15) is 24.3 Å². The summed E-state index contributed by atoms with van der Waals surface area (Å²) in [6, 6.07) is 45.1. The Balaban J connectivity index is 0.000000645. The number of carboxylic acid groups (broad SMARTS) is 1. The van der Waals surface area contributed by atoms with E-state index in [2.05, 4.69) is 43.1 Å². The Bertz CT molecular complexity index is 3670. The van der Waals surface area contributed by atoms with Gasteiger partial charge in [-0.2, -0.15) is 5.26 Å². The predicted molar refractivity (Wildman–Crippen MR) is 383 cm³/mol. The number of anilines is 2. The number of ether oxygens (including phenoxy) is 2. The molecule has 500 valence electrons. The number of thioether (sulfide) groups is 1. The number of carbonyl (C=O) groups excluding carboxylic acids is 3. The molecule has 14 nitrogen and oxygen atoms in total. The minimum atomic E-state index is -0.827. The van der Waals surface area contributed by atoms with E-state index in [0.717, 1.165) is 65.9 Å². The van der Waals surface area contributed by atoms with Crippen molar-refractivity contribution in [3.8, 4) is 27.9 Å². The minimum Gasteiger partial charge on any atom is -1.00 e. The molecule has 6 N–H and O–H groups in total. The van der Waals surface area contributed by atoms with E-state index in [1.165, 1.54) is 14.2 Å². The fourth-order valence-corrected chi connectivity index (χ4v) is 12.4. The summed E-state index contributed by atoms with van der Waals surface area (Å²) < 4.78 is 9.67. The van der Waals surface area contributed by atoms with Gasteiger partial charge >= 0.3 is 36.8 Å². The molecule has 8 rings (SSSR count). The monoisotopic (exact) mass is 1560 g/mol. The number of benzene rings is 6. The van der Waals surface area contributed by atoms with Gasteiger partial charge in [-0.05, 0) is 108 Å². The van der Waals surface area contributed by atoms with Gasteiger partial charge in [0.1, 0.15) is 5.40 Å². The summed E-state index contributed by atoms with van der Waals surface area (Å²) in [5.41, 5.74) is 12.7. The van der Waals surface area contributed by atoms with Crippen LogP contribution in [0.2, 0.25) is 30.1 Å². The maximum absolute atomic E-state index is 12.3. The number of aliphatic carboxylic acids is 1. The zero-order chi connectivity index (χ0) is 66.0. The number of thiocyanates is 1. The van der Waals surface area contributed by atoms with Crippen LogP contribution in [-0.4, -0.2) is 83.3 Å². The predicted octanol–water partition coefficient (Wildman–Crippen LogP) is 13.1. The maximum atomic E-state index is 12.3. The molecule has 0 aliphatic carbocycles. The van der Waals surface area contributed by atoms with Crippen LogP contribution < -0.4 is 59.2 Å². The number of nitriles is 1. The van der Waals surface area contributed by atoms with Gasteiger partial charge in [-0.15, -0.1) is 22.7 Å². The van der Waals surface area contributed by atoms with Crippen molar-refractivity contribution >= 4 is 138 Å². The molecule has 4 atom stereocenters. The van der Waals surface area contributed by atoms with Gasteiger partial charge in [0.05, 0.1) is 78.7 Å². The molecule has 25 heteroatoms. The molecule has 0 aliphatic heterocycles. The van der Waals surface area contributed by atoms with Crippen LogP contribution in [0.25, 0.3) is 22.5 Å². The molecule has 0 bridgehead atoms. The first-order valence-corrected chi connectivity index (χ1v) is 33.4. The van der Waals surface area contributed by atoms with Gasteiger partial charge in [-0.25, -0.2) is 9.97 Å². The minimum absolute atomic E-state index is 0. The Morgan fingerprint density at radius 2 is 0.936 bits per heavy atom. The van der Waals surface area contributed by atoms with E-state index < -0.39 is 11.9 Å². The third-order valence-electron chi connectivity index (χ3n) is 13.7. The zero-order valence-corrected chi connectivity index (χ0v) is 61.9. The quantitative estimate of drug-likeness (QED) is 0.0145. The fraction of sp³-hybridized carbons (Fsp3) is 0.319. The first-order valence-electron chi connectivity index (χ1n) is 28.6. The van der Waals surface area contributed by atoms with Crippen molar-refractivity contribution in [3.63, 3.8) is 0 Å². The smallest absolute Gasteiger partial charge is 1.00 e. The second-order valence-corrected chi connectivity index (χ2v) is 26.9. The Morgan fingerprint density at radius 3 is 1.28 bits per heavy atom. The van der Waals surface area contributed by atoms with Crippen LogP contribution in [0.15, 0.2) is 146 Å². The summed E-state index contributed by atoms with van der Waals surface area (Å²) in [5, 5.41) is 30.7. The molecule has 94 heavy (non-hydrogen) atoms. The number of hydrogen-bond donors (Lipinski definition) is 4. The van der Waals surface area contributed by atoms with Crippen molar-refractivity contribution in [2.75, 3.05) is 44.5 Å². The van der Waals surface area contributed by atoms with Crippen molar-refractivity contribution in [2.24, 2.45) is 29.4 Å². The Morgan fingerprint density at radius 1 is 0.574 bits per heavy atom. The summed E-state index contributed by atoms with van der Waals surface area (Å²) >= 11 is 40.3. The number of nitrogens with zero attached hydrogens (tertiary/aromatic N) is 3. The van der Waals surface area contributed by atoms with E-state index in [1.807, 2.05) is 135 Å². The van der Waals surface area contributed by atoms with Crippen LogP contribution in [0.1, 0.15) is 97.6 Å². The number of hydrogen-bond acceptors (Lipinski definition) is 16. The Labute approximate surface area is 624 Å². The standard InChI is InChI=1S/C23H24Cl2N2O2S.C22H22Cl2N2O2S.C12H11Cl2NOS.C11H15NO2.CH4.HI.Li.H2O/c1-14(2)21-20(16-9-10-18(24)19(25)12-16)27-23(30-21)26-13-17(22(28)29-3)11-15-7-5-4-6-8-15;1-13(2)20-19(15-8-9-17(23)18(24)11-15)26-22(29-20)25-12-16(21(27)28)10-14-6-4-3-5-7-14;1-7(2)12(17-6-15)11(16)8-3-4-9(13)10(14)5-8;1-14-11(13)10(8-12)7-9-5-3-2-4-6-9;;;;/h4-10,12,14,17H,11,13H2,1-3H3,(H,26,27);3-9,11,13,16H,10,12H2,1-2H3,(H,25,26)(H,27,28);3-5,7,12H,1-2H3;2-6,10H,7-8,12H2,1H3;1H4;1H;;1H2/q;;;;;;+1;/p-2. The zero-order valence-electron chi connectivity index (χ0n) is 52.8. The molecular formula is C69H77Cl6ILiN6O8S3-. The van der Waals surface area contributed by atoms with Gasteiger partial charge in [0.15, 0.2) is 16.0 Å². The fourth-order valence-electron chi connectivity index (χ4n) is 8.86. The van der Waals surface area contributed by atoms with Crippen molar-refractivity contribution in [2.45, 2.75) is 85.3 Å². The SMILES string of the molecule is C.CC(C)C(SC#N)C(=O)c1ccc(Cl)c(Cl)c1.CC(C)c1sc(NCC(Cc2ccccc2)C(=O)O)nc1-c1ccc(Cl)c(Cl)c1.COC(=O)C(CN)Cc1ccccc1.COC(=O)C(CNc1nc(-c2ccc(Cl)c(Cl)c2)c(C(C)C)s1)Cc1ccccc1.[I-].[Li+].[OH-]. The summed E-state index contributed by atoms with van der Waals surface area (Å²) in [4.78, 5) is 59.2. The van der Waals surface area contributed by atoms with E-state index in [4.69, 9.17) is 95.3 Å².